The molecule has 0 aliphatic carbocycles. The Labute approximate surface area is 206 Å². The molecule has 1 aromatic heterocycles. The number of fused-ring (bicyclic) bond motifs is 1. The molecule has 1 aliphatic rings. The van der Waals surface area contributed by atoms with Crippen molar-refractivity contribution in [2.75, 3.05) is 13.1 Å². The number of piperidine rings is 1. The Hall–Kier alpha value is -3.86. The molecule has 1 atom stereocenters. The highest BCUT2D eigenvalue weighted by molar-refractivity contribution is 6.07. The molecule has 1 N–H and O–H groups in total. The molecule has 5 nitrogen and oxygen atoms in total. The maximum Gasteiger partial charge on any atom is 0.254 e. The molecule has 2 amide bonds. The van der Waals surface area contributed by atoms with Gasteiger partial charge in [0, 0.05) is 48.8 Å². The van der Waals surface area contributed by atoms with Crippen LogP contribution in [0, 0.1) is 13.8 Å². The Kier molecular flexibility index (Phi) is 6.16. The molecule has 0 spiro atoms. The topological polar surface area (TPSA) is 54.3 Å². The Bertz CT molecular complexity index is 1420. The summed E-state index contributed by atoms with van der Waals surface area (Å²) in [6.07, 6.45) is 3.60. The minimum absolute atomic E-state index is 0.0166. The van der Waals surface area contributed by atoms with Crippen molar-refractivity contribution >= 4 is 22.7 Å². The van der Waals surface area contributed by atoms with E-state index in [1.54, 1.807) is 0 Å². The standard InChI is InChI=1S/C30H31N3O2/c1-20-14-15-22(17-21(20)2)24-10-4-5-12-26(24)30(35)33-16-8-9-23(18-33)31-29(34)27-19-32(3)28-13-7-6-11-25(27)28/h4-7,10-15,17,19,23H,8-9,16,18H2,1-3H3,(H,31,34)/t23-/m1/s1. The number of nitrogens with one attached hydrogen (secondary N) is 1. The van der Waals surface area contributed by atoms with Crippen LogP contribution >= 0.6 is 0 Å². The molecular formula is C30H31N3O2. The van der Waals surface area contributed by atoms with Crippen LogP contribution in [0.5, 0.6) is 0 Å². The molecule has 35 heavy (non-hydrogen) atoms. The number of nitrogens with zero attached hydrogens (tertiary/aromatic N) is 2. The number of rotatable bonds is 4. The highest BCUT2D eigenvalue weighted by atomic mass is 16.2. The maximum absolute atomic E-state index is 13.6. The van der Waals surface area contributed by atoms with E-state index >= 15 is 0 Å². The SMILES string of the molecule is Cc1ccc(-c2ccccc2C(=O)N2CCC[C@@H](NC(=O)c3cn(C)c4ccccc34)C2)cc1C. The van der Waals surface area contributed by atoms with Crippen molar-refractivity contribution in [3.63, 3.8) is 0 Å². The number of carbonyl (C=O) groups excluding carboxylic acids is 2. The number of aromatic nitrogens is 1. The Morgan fingerprint density at radius 1 is 0.914 bits per heavy atom. The number of para-hydroxylation sites is 1. The third-order valence-electron chi connectivity index (χ3n) is 7.16. The Morgan fingerprint density at radius 3 is 2.51 bits per heavy atom. The molecule has 3 aromatic carbocycles. The van der Waals surface area contributed by atoms with E-state index in [4.69, 9.17) is 0 Å². The summed E-state index contributed by atoms with van der Waals surface area (Å²) in [5.74, 6) is -0.0698. The van der Waals surface area contributed by atoms with E-state index in [1.165, 1.54) is 11.1 Å². The molecule has 1 aliphatic heterocycles. The zero-order valence-corrected chi connectivity index (χ0v) is 20.5. The number of benzene rings is 3. The normalized spacial score (nSPS) is 15.9. The Balaban J connectivity index is 1.35. The Morgan fingerprint density at radius 2 is 1.69 bits per heavy atom. The van der Waals surface area contributed by atoms with E-state index in [0.29, 0.717) is 24.2 Å². The molecule has 0 bridgehead atoms. The first-order valence-corrected chi connectivity index (χ1v) is 12.2. The van der Waals surface area contributed by atoms with Gasteiger partial charge in [0.25, 0.3) is 11.8 Å². The molecule has 178 valence electrons. The fourth-order valence-corrected chi connectivity index (χ4v) is 5.07. The summed E-state index contributed by atoms with van der Waals surface area (Å²) in [4.78, 5) is 28.7. The summed E-state index contributed by atoms with van der Waals surface area (Å²) >= 11 is 0. The number of amides is 2. The van der Waals surface area contributed by atoms with Crippen molar-refractivity contribution in [1.29, 1.82) is 0 Å². The van der Waals surface area contributed by atoms with E-state index in [2.05, 4.69) is 37.4 Å². The second-order valence-corrected chi connectivity index (χ2v) is 9.58. The van der Waals surface area contributed by atoms with Crippen LogP contribution in [0.4, 0.5) is 0 Å². The van der Waals surface area contributed by atoms with Crippen molar-refractivity contribution < 1.29 is 9.59 Å². The van der Waals surface area contributed by atoms with Gasteiger partial charge in [-0.2, -0.15) is 0 Å². The lowest BCUT2D eigenvalue weighted by Gasteiger charge is -2.33. The van der Waals surface area contributed by atoms with Crippen molar-refractivity contribution in [3.05, 3.63) is 95.2 Å². The summed E-state index contributed by atoms with van der Waals surface area (Å²) in [5, 5.41) is 4.13. The first kappa shape index (κ1) is 22.9. The predicted molar refractivity (Wildman–Crippen MR) is 141 cm³/mol. The molecule has 0 unspecified atom stereocenters. The van der Waals surface area contributed by atoms with Crippen molar-refractivity contribution in [1.82, 2.24) is 14.8 Å². The zero-order chi connectivity index (χ0) is 24.5. The van der Waals surface area contributed by atoms with Crippen molar-refractivity contribution in [3.8, 4) is 11.1 Å². The number of hydrogen-bond donors (Lipinski definition) is 1. The lowest BCUT2D eigenvalue weighted by Crippen LogP contribution is -2.49. The van der Waals surface area contributed by atoms with Gasteiger partial charge in [0.2, 0.25) is 0 Å². The smallest absolute Gasteiger partial charge is 0.254 e. The van der Waals surface area contributed by atoms with E-state index in [-0.39, 0.29) is 17.9 Å². The van der Waals surface area contributed by atoms with Crippen LogP contribution in [0.2, 0.25) is 0 Å². The average Bonchev–Trinajstić information content (AvgIpc) is 3.22. The fraction of sp³-hybridized carbons (Fsp3) is 0.267. The second-order valence-electron chi connectivity index (χ2n) is 9.58. The minimum Gasteiger partial charge on any atom is -0.350 e. The van der Waals surface area contributed by atoms with Gasteiger partial charge in [-0.3, -0.25) is 9.59 Å². The lowest BCUT2D eigenvalue weighted by atomic mass is 9.95. The van der Waals surface area contributed by atoms with Crippen LogP contribution in [-0.2, 0) is 7.05 Å². The maximum atomic E-state index is 13.6. The van der Waals surface area contributed by atoms with Gasteiger partial charge < -0.3 is 14.8 Å². The molecule has 4 aromatic rings. The molecule has 0 radical (unpaired) electrons. The quantitative estimate of drug-likeness (QED) is 0.433. The number of hydrogen-bond acceptors (Lipinski definition) is 2. The van der Waals surface area contributed by atoms with Crippen LogP contribution in [0.1, 0.15) is 44.7 Å². The average molecular weight is 466 g/mol. The summed E-state index contributed by atoms with van der Waals surface area (Å²) in [7, 11) is 1.95. The third-order valence-corrected chi connectivity index (χ3v) is 7.16. The van der Waals surface area contributed by atoms with E-state index in [1.807, 2.05) is 71.2 Å². The van der Waals surface area contributed by atoms with Crippen LogP contribution < -0.4 is 5.32 Å². The van der Waals surface area contributed by atoms with Crippen molar-refractivity contribution in [2.24, 2.45) is 7.05 Å². The highest BCUT2D eigenvalue weighted by Gasteiger charge is 2.28. The van der Waals surface area contributed by atoms with E-state index in [0.717, 1.165) is 34.9 Å². The third kappa shape index (κ3) is 4.46. The number of likely N-dealkylation sites (tertiary alicyclic amines) is 1. The van der Waals surface area contributed by atoms with Gasteiger partial charge in [-0.25, -0.2) is 0 Å². The summed E-state index contributed by atoms with van der Waals surface area (Å²) in [6, 6.07) is 22.0. The second kappa shape index (κ2) is 9.41. The molecule has 1 fully saturated rings. The van der Waals surface area contributed by atoms with Crippen molar-refractivity contribution in [2.45, 2.75) is 32.7 Å². The lowest BCUT2D eigenvalue weighted by molar-refractivity contribution is 0.0677. The van der Waals surface area contributed by atoms with Crippen LogP contribution in [-0.4, -0.2) is 40.4 Å². The molecule has 5 rings (SSSR count). The van der Waals surface area contributed by atoms with Crippen LogP contribution in [0.3, 0.4) is 0 Å². The number of carbonyl (C=O) groups is 2. The molecule has 0 saturated carbocycles. The first-order chi connectivity index (χ1) is 16.9. The fourth-order valence-electron chi connectivity index (χ4n) is 5.07. The van der Waals surface area contributed by atoms with Gasteiger partial charge in [-0.05, 0) is 61.1 Å². The van der Waals surface area contributed by atoms with Crippen LogP contribution in [0.25, 0.3) is 22.0 Å². The zero-order valence-electron chi connectivity index (χ0n) is 20.5. The van der Waals surface area contributed by atoms with Gasteiger partial charge >= 0.3 is 0 Å². The first-order valence-electron chi connectivity index (χ1n) is 12.2. The monoisotopic (exact) mass is 465 g/mol. The number of aryl methyl sites for hydroxylation is 3. The van der Waals surface area contributed by atoms with Gasteiger partial charge in [0.05, 0.1) is 5.56 Å². The molecule has 5 heteroatoms. The molecule has 1 saturated heterocycles. The van der Waals surface area contributed by atoms with Gasteiger partial charge in [-0.1, -0.05) is 54.6 Å². The van der Waals surface area contributed by atoms with Gasteiger partial charge in [0.1, 0.15) is 0 Å². The highest BCUT2D eigenvalue weighted by Crippen LogP contribution is 2.28. The van der Waals surface area contributed by atoms with E-state index < -0.39 is 0 Å². The summed E-state index contributed by atoms with van der Waals surface area (Å²) < 4.78 is 1.98. The van der Waals surface area contributed by atoms with Gasteiger partial charge in [0.15, 0.2) is 0 Å². The largest absolute Gasteiger partial charge is 0.350 e. The summed E-state index contributed by atoms with van der Waals surface area (Å²) in [6.45, 7) is 5.39. The van der Waals surface area contributed by atoms with E-state index in [9.17, 15) is 9.59 Å². The molecule has 2 heterocycles. The summed E-state index contributed by atoms with van der Waals surface area (Å²) in [5.41, 5.74) is 6.85. The molecular weight excluding hydrogens is 434 g/mol. The predicted octanol–water partition coefficient (Wildman–Crippen LogP) is 5.50. The van der Waals surface area contributed by atoms with Gasteiger partial charge in [-0.15, -0.1) is 0 Å². The van der Waals surface area contributed by atoms with Crippen LogP contribution in [0.15, 0.2) is 72.9 Å². The minimum atomic E-state index is -0.0865.